The monoisotopic (exact) mass is 280 g/mol. The maximum absolute atomic E-state index is 6.51. The van der Waals surface area contributed by atoms with E-state index in [-0.39, 0.29) is 0 Å². The van der Waals surface area contributed by atoms with Crippen molar-refractivity contribution in [3.8, 4) is 0 Å². The minimum absolute atomic E-state index is 0.306. The molecule has 2 unspecified atom stereocenters. The highest BCUT2D eigenvalue weighted by Crippen LogP contribution is 2.43. The minimum atomic E-state index is 0.306. The number of piperidine rings is 1. The van der Waals surface area contributed by atoms with Gasteiger partial charge in [0.25, 0.3) is 0 Å². The van der Waals surface area contributed by atoms with E-state index in [2.05, 4.69) is 17.3 Å². The zero-order chi connectivity index (χ0) is 13.8. The van der Waals surface area contributed by atoms with E-state index >= 15 is 0 Å². The molecule has 0 aromatic carbocycles. The fourth-order valence-electron chi connectivity index (χ4n) is 4.61. The van der Waals surface area contributed by atoms with Crippen molar-refractivity contribution in [2.75, 3.05) is 26.7 Å². The lowest BCUT2D eigenvalue weighted by molar-refractivity contribution is -0.0544. The van der Waals surface area contributed by atoms with Gasteiger partial charge in [-0.15, -0.1) is 0 Å². The maximum Gasteiger partial charge on any atom is 0.0710 e. The number of hydrogen-bond donors (Lipinski definition) is 1. The summed E-state index contributed by atoms with van der Waals surface area (Å²) < 4.78 is 6.51. The molecular weight excluding hydrogens is 248 g/mol. The van der Waals surface area contributed by atoms with Gasteiger partial charge in [0.2, 0.25) is 0 Å². The lowest BCUT2D eigenvalue weighted by Gasteiger charge is -2.37. The average Bonchev–Trinajstić information content (AvgIpc) is 3.09. The van der Waals surface area contributed by atoms with Crippen LogP contribution in [0.15, 0.2) is 0 Å². The summed E-state index contributed by atoms with van der Waals surface area (Å²) in [5.41, 5.74) is 0.306. The van der Waals surface area contributed by atoms with Gasteiger partial charge in [0, 0.05) is 12.6 Å². The first-order valence-corrected chi connectivity index (χ1v) is 8.88. The molecule has 2 saturated heterocycles. The molecule has 0 radical (unpaired) electrons. The molecule has 2 atom stereocenters. The van der Waals surface area contributed by atoms with Gasteiger partial charge in [-0.25, -0.2) is 0 Å². The zero-order valence-corrected chi connectivity index (χ0v) is 13.2. The third-order valence-electron chi connectivity index (χ3n) is 5.77. The molecular formula is C17H32N2O. The van der Waals surface area contributed by atoms with Gasteiger partial charge < -0.3 is 10.1 Å². The molecule has 0 bridgehead atoms. The Bertz CT molecular complexity index is 301. The second-order valence-corrected chi connectivity index (χ2v) is 7.21. The van der Waals surface area contributed by atoms with Crippen molar-refractivity contribution in [1.29, 1.82) is 0 Å². The highest BCUT2D eigenvalue weighted by atomic mass is 16.5. The number of rotatable bonds is 5. The molecule has 3 rings (SSSR count). The quantitative estimate of drug-likeness (QED) is 0.838. The van der Waals surface area contributed by atoms with Crippen molar-refractivity contribution in [1.82, 2.24) is 10.2 Å². The van der Waals surface area contributed by atoms with Crippen molar-refractivity contribution in [2.24, 2.45) is 0 Å². The van der Waals surface area contributed by atoms with E-state index in [1.807, 2.05) is 0 Å². The van der Waals surface area contributed by atoms with Gasteiger partial charge in [-0.1, -0.05) is 19.3 Å². The Morgan fingerprint density at radius 2 is 1.95 bits per heavy atom. The average molecular weight is 280 g/mol. The van der Waals surface area contributed by atoms with Gasteiger partial charge >= 0.3 is 0 Å². The van der Waals surface area contributed by atoms with E-state index in [4.69, 9.17) is 4.74 Å². The van der Waals surface area contributed by atoms with Gasteiger partial charge in [-0.2, -0.15) is 0 Å². The third-order valence-corrected chi connectivity index (χ3v) is 5.77. The highest BCUT2D eigenvalue weighted by molar-refractivity contribution is 4.94. The van der Waals surface area contributed by atoms with Crippen molar-refractivity contribution in [3.05, 3.63) is 0 Å². The molecule has 1 spiro atoms. The summed E-state index contributed by atoms with van der Waals surface area (Å²) >= 11 is 0. The van der Waals surface area contributed by atoms with Crippen LogP contribution in [0.4, 0.5) is 0 Å². The first-order chi connectivity index (χ1) is 9.81. The van der Waals surface area contributed by atoms with Crippen LogP contribution in [0.3, 0.4) is 0 Å². The molecule has 0 aromatic rings. The lowest BCUT2D eigenvalue weighted by atomic mass is 9.97. The predicted octanol–water partition coefficient (Wildman–Crippen LogP) is 2.94. The Labute approximate surface area is 124 Å². The molecule has 2 aliphatic heterocycles. The van der Waals surface area contributed by atoms with Crippen LogP contribution in [0.5, 0.6) is 0 Å². The first-order valence-electron chi connectivity index (χ1n) is 8.88. The second kappa shape index (κ2) is 6.76. The van der Waals surface area contributed by atoms with Crippen molar-refractivity contribution in [3.63, 3.8) is 0 Å². The maximum atomic E-state index is 6.51. The van der Waals surface area contributed by atoms with Crippen LogP contribution >= 0.6 is 0 Å². The van der Waals surface area contributed by atoms with Crippen LogP contribution in [0.1, 0.15) is 64.2 Å². The van der Waals surface area contributed by atoms with E-state index < -0.39 is 0 Å². The summed E-state index contributed by atoms with van der Waals surface area (Å²) in [6.45, 7) is 3.63. The Morgan fingerprint density at radius 3 is 2.75 bits per heavy atom. The molecule has 20 heavy (non-hydrogen) atoms. The summed E-state index contributed by atoms with van der Waals surface area (Å²) in [6.07, 6.45) is 14.1. The Morgan fingerprint density at radius 1 is 1.10 bits per heavy atom. The molecule has 1 N–H and O–H groups in total. The standard InChI is InChI=1S/C17H32N2O/c1-18-12-8-15-6-2-5-13-19(15)14-16-7-11-17(20-16)9-3-4-10-17/h15-16,18H,2-14H2,1H3. The highest BCUT2D eigenvalue weighted by Gasteiger charge is 2.42. The summed E-state index contributed by atoms with van der Waals surface area (Å²) in [6, 6.07) is 0.792. The summed E-state index contributed by atoms with van der Waals surface area (Å²) in [5, 5.41) is 3.31. The number of nitrogens with zero attached hydrogens (tertiary/aromatic N) is 1. The van der Waals surface area contributed by atoms with E-state index in [1.165, 1.54) is 77.3 Å². The lowest BCUT2D eigenvalue weighted by Crippen LogP contribution is -2.45. The van der Waals surface area contributed by atoms with E-state index in [9.17, 15) is 0 Å². The minimum Gasteiger partial charge on any atom is -0.370 e. The van der Waals surface area contributed by atoms with E-state index in [0.717, 1.165) is 12.6 Å². The number of hydrogen-bond acceptors (Lipinski definition) is 3. The van der Waals surface area contributed by atoms with Crippen molar-refractivity contribution < 1.29 is 4.74 Å². The van der Waals surface area contributed by atoms with Gasteiger partial charge in [0.1, 0.15) is 0 Å². The Kier molecular flexibility index (Phi) is 5.00. The molecule has 0 aromatic heterocycles. The molecule has 3 aliphatic rings. The van der Waals surface area contributed by atoms with Crippen LogP contribution in [0.2, 0.25) is 0 Å². The fraction of sp³-hybridized carbons (Fsp3) is 1.00. The second-order valence-electron chi connectivity index (χ2n) is 7.21. The topological polar surface area (TPSA) is 24.5 Å². The number of likely N-dealkylation sites (tertiary alicyclic amines) is 1. The SMILES string of the molecule is CNCCC1CCCCN1CC1CCC2(CCCC2)O1. The molecule has 2 heterocycles. The molecule has 3 heteroatoms. The van der Waals surface area contributed by atoms with Crippen LogP contribution in [-0.4, -0.2) is 49.3 Å². The van der Waals surface area contributed by atoms with Gasteiger partial charge in [0.05, 0.1) is 11.7 Å². The van der Waals surface area contributed by atoms with Gasteiger partial charge in [-0.3, -0.25) is 4.90 Å². The Hall–Kier alpha value is -0.120. The number of nitrogens with one attached hydrogen (secondary N) is 1. The molecule has 1 saturated carbocycles. The summed E-state index contributed by atoms with van der Waals surface area (Å²) in [7, 11) is 2.07. The van der Waals surface area contributed by atoms with Gasteiger partial charge in [0.15, 0.2) is 0 Å². The number of ether oxygens (including phenoxy) is 1. The van der Waals surface area contributed by atoms with Crippen LogP contribution < -0.4 is 5.32 Å². The third kappa shape index (κ3) is 3.37. The molecule has 1 aliphatic carbocycles. The largest absolute Gasteiger partial charge is 0.370 e. The normalized spacial score (nSPS) is 34.0. The summed E-state index contributed by atoms with van der Waals surface area (Å²) in [5.74, 6) is 0. The van der Waals surface area contributed by atoms with E-state index in [0.29, 0.717) is 11.7 Å². The first kappa shape index (κ1) is 14.8. The summed E-state index contributed by atoms with van der Waals surface area (Å²) in [4.78, 5) is 2.74. The van der Waals surface area contributed by atoms with Gasteiger partial charge in [-0.05, 0) is 65.1 Å². The van der Waals surface area contributed by atoms with Crippen molar-refractivity contribution in [2.45, 2.75) is 82.0 Å². The van der Waals surface area contributed by atoms with Crippen LogP contribution in [0, 0.1) is 0 Å². The van der Waals surface area contributed by atoms with Crippen LogP contribution in [-0.2, 0) is 4.74 Å². The Balaban J connectivity index is 1.50. The smallest absolute Gasteiger partial charge is 0.0710 e. The van der Waals surface area contributed by atoms with E-state index in [1.54, 1.807) is 0 Å². The molecule has 3 nitrogen and oxygen atoms in total. The zero-order valence-electron chi connectivity index (χ0n) is 13.2. The molecule has 3 fully saturated rings. The fourth-order valence-corrected chi connectivity index (χ4v) is 4.61. The van der Waals surface area contributed by atoms with Crippen LogP contribution in [0.25, 0.3) is 0 Å². The van der Waals surface area contributed by atoms with Crippen molar-refractivity contribution >= 4 is 0 Å². The molecule has 116 valence electrons. The molecule has 0 amide bonds. The predicted molar refractivity (Wildman–Crippen MR) is 83.1 cm³/mol.